The standard InChI is InChI=1S/C16H19NO5S3/c1-22-14-6-3-2-5-12(14)9-17-13-10-24(18,19)11-15(13)25(20,21)16-7-4-8-23-16/h2-8,13,15,17H,9-11H2,1H3/t13-,15-/m1/s1. The quantitative estimate of drug-likeness (QED) is 0.789. The van der Waals surface area contributed by atoms with Crippen molar-refractivity contribution >= 4 is 31.0 Å². The molecule has 1 aromatic heterocycles. The third kappa shape index (κ3) is 3.89. The molecular formula is C16H19NO5S3. The smallest absolute Gasteiger partial charge is 0.193 e. The lowest BCUT2D eigenvalue weighted by Gasteiger charge is -2.20. The summed E-state index contributed by atoms with van der Waals surface area (Å²) in [5.41, 5.74) is 0.849. The number of nitrogens with one attached hydrogen (secondary N) is 1. The van der Waals surface area contributed by atoms with Crippen molar-refractivity contribution in [2.45, 2.75) is 22.0 Å². The first-order valence-electron chi connectivity index (χ1n) is 7.66. The minimum absolute atomic E-state index is 0.183. The first kappa shape index (κ1) is 18.4. The molecule has 1 aromatic carbocycles. The Labute approximate surface area is 151 Å². The second-order valence-electron chi connectivity index (χ2n) is 5.89. The maximum absolute atomic E-state index is 12.8. The monoisotopic (exact) mass is 401 g/mol. The molecule has 25 heavy (non-hydrogen) atoms. The van der Waals surface area contributed by atoms with Crippen molar-refractivity contribution in [3.8, 4) is 5.75 Å². The van der Waals surface area contributed by atoms with Crippen molar-refractivity contribution in [3.05, 3.63) is 47.3 Å². The normalized spacial score (nSPS) is 22.8. The van der Waals surface area contributed by atoms with Crippen LogP contribution in [0, 0.1) is 0 Å². The van der Waals surface area contributed by atoms with E-state index in [2.05, 4.69) is 5.32 Å². The number of thiophene rings is 1. The topological polar surface area (TPSA) is 89.5 Å². The maximum Gasteiger partial charge on any atom is 0.193 e. The van der Waals surface area contributed by atoms with Gasteiger partial charge in [-0.15, -0.1) is 11.3 Å². The molecule has 0 spiro atoms. The molecule has 0 unspecified atom stereocenters. The molecule has 0 aliphatic carbocycles. The summed E-state index contributed by atoms with van der Waals surface area (Å²) in [5, 5.41) is 3.81. The molecule has 0 bridgehead atoms. The molecule has 1 saturated heterocycles. The van der Waals surface area contributed by atoms with Crippen molar-refractivity contribution < 1.29 is 21.6 Å². The first-order valence-corrected chi connectivity index (χ1v) is 11.9. The zero-order chi connectivity index (χ0) is 18.1. The summed E-state index contributed by atoms with van der Waals surface area (Å²) in [6, 6.07) is 9.87. The van der Waals surface area contributed by atoms with E-state index >= 15 is 0 Å². The first-order chi connectivity index (χ1) is 11.8. The van der Waals surface area contributed by atoms with Crippen molar-refractivity contribution in [2.24, 2.45) is 0 Å². The average molecular weight is 402 g/mol. The molecule has 0 saturated carbocycles. The minimum atomic E-state index is -3.69. The lowest BCUT2D eigenvalue weighted by molar-refractivity contribution is 0.406. The van der Waals surface area contributed by atoms with Crippen LogP contribution >= 0.6 is 11.3 Å². The Bertz CT molecular complexity index is 936. The van der Waals surface area contributed by atoms with E-state index in [4.69, 9.17) is 4.74 Å². The Balaban J connectivity index is 1.83. The Morgan fingerprint density at radius 2 is 1.96 bits per heavy atom. The highest BCUT2D eigenvalue weighted by molar-refractivity contribution is 7.97. The van der Waals surface area contributed by atoms with Crippen molar-refractivity contribution in [1.82, 2.24) is 5.32 Å². The number of ether oxygens (including phenoxy) is 1. The molecule has 1 aliphatic rings. The number of para-hydroxylation sites is 1. The number of sulfone groups is 2. The molecule has 2 aromatic rings. The molecule has 3 rings (SSSR count). The maximum atomic E-state index is 12.8. The van der Waals surface area contributed by atoms with E-state index in [9.17, 15) is 16.8 Å². The van der Waals surface area contributed by atoms with Crippen LogP contribution in [-0.2, 0) is 26.2 Å². The SMILES string of the molecule is COc1ccccc1CN[C@@H]1CS(=O)(=O)C[C@H]1S(=O)(=O)c1cccs1. The zero-order valence-corrected chi connectivity index (χ0v) is 16.0. The van der Waals surface area contributed by atoms with Crippen LogP contribution < -0.4 is 10.1 Å². The second kappa shape index (κ2) is 7.06. The second-order valence-corrected chi connectivity index (χ2v) is 11.4. The van der Waals surface area contributed by atoms with E-state index in [1.165, 1.54) is 6.07 Å². The Kier molecular flexibility index (Phi) is 5.19. The third-order valence-corrected chi connectivity index (χ3v) is 9.80. The van der Waals surface area contributed by atoms with Crippen LogP contribution in [0.1, 0.15) is 5.56 Å². The minimum Gasteiger partial charge on any atom is -0.496 e. The van der Waals surface area contributed by atoms with E-state index < -0.39 is 31.0 Å². The third-order valence-electron chi connectivity index (χ3n) is 4.22. The van der Waals surface area contributed by atoms with Gasteiger partial charge in [0.25, 0.3) is 0 Å². The molecule has 136 valence electrons. The summed E-state index contributed by atoms with van der Waals surface area (Å²) < 4.78 is 55.3. The number of rotatable bonds is 6. The van der Waals surface area contributed by atoms with E-state index in [1.54, 1.807) is 18.6 Å². The fraction of sp³-hybridized carbons (Fsp3) is 0.375. The highest BCUT2D eigenvalue weighted by atomic mass is 32.2. The molecule has 2 heterocycles. The molecule has 9 heteroatoms. The van der Waals surface area contributed by atoms with Gasteiger partial charge in [-0.3, -0.25) is 0 Å². The van der Waals surface area contributed by atoms with Crippen molar-refractivity contribution in [1.29, 1.82) is 0 Å². The fourth-order valence-corrected chi connectivity index (χ4v) is 8.92. The molecule has 1 fully saturated rings. The van der Waals surface area contributed by atoms with Crippen LogP contribution in [0.4, 0.5) is 0 Å². The van der Waals surface area contributed by atoms with Crippen LogP contribution in [-0.4, -0.2) is 46.7 Å². The van der Waals surface area contributed by atoms with Gasteiger partial charge in [-0.05, 0) is 17.5 Å². The van der Waals surface area contributed by atoms with Gasteiger partial charge in [0.1, 0.15) is 9.96 Å². The van der Waals surface area contributed by atoms with E-state index in [1.807, 2.05) is 24.3 Å². The van der Waals surface area contributed by atoms with Gasteiger partial charge >= 0.3 is 0 Å². The summed E-state index contributed by atoms with van der Waals surface area (Å²) in [5.74, 6) is 0.141. The van der Waals surface area contributed by atoms with Gasteiger partial charge in [0.15, 0.2) is 19.7 Å². The highest BCUT2D eigenvalue weighted by Gasteiger charge is 2.46. The summed E-state index contributed by atoms with van der Waals surface area (Å²) in [6.07, 6.45) is 0. The zero-order valence-electron chi connectivity index (χ0n) is 13.6. The van der Waals surface area contributed by atoms with Crippen LogP contribution in [0.15, 0.2) is 46.0 Å². The van der Waals surface area contributed by atoms with Gasteiger partial charge in [-0.2, -0.15) is 0 Å². The summed E-state index contributed by atoms with van der Waals surface area (Å²) in [7, 11) is -5.54. The molecule has 0 radical (unpaired) electrons. The van der Waals surface area contributed by atoms with Gasteiger partial charge in [0.05, 0.1) is 23.9 Å². The largest absolute Gasteiger partial charge is 0.496 e. The van der Waals surface area contributed by atoms with Crippen LogP contribution in [0.3, 0.4) is 0 Å². The summed E-state index contributed by atoms with van der Waals surface area (Å²) in [6.45, 7) is 0.334. The molecule has 1 N–H and O–H groups in total. The van der Waals surface area contributed by atoms with Crippen LogP contribution in [0.25, 0.3) is 0 Å². The van der Waals surface area contributed by atoms with Crippen LogP contribution in [0.5, 0.6) is 5.75 Å². The van der Waals surface area contributed by atoms with Gasteiger partial charge in [0, 0.05) is 18.2 Å². The predicted octanol–water partition coefficient (Wildman–Crippen LogP) is 1.49. The number of methoxy groups -OCH3 is 1. The van der Waals surface area contributed by atoms with E-state index in [0.717, 1.165) is 16.9 Å². The lowest BCUT2D eigenvalue weighted by atomic mass is 10.1. The highest BCUT2D eigenvalue weighted by Crippen LogP contribution is 2.29. The Hall–Kier alpha value is -1.42. The molecule has 2 atom stereocenters. The van der Waals surface area contributed by atoms with E-state index in [-0.39, 0.29) is 15.7 Å². The molecule has 0 amide bonds. The van der Waals surface area contributed by atoms with Gasteiger partial charge < -0.3 is 10.1 Å². The van der Waals surface area contributed by atoms with Crippen molar-refractivity contribution in [3.63, 3.8) is 0 Å². The number of hydrogen-bond donors (Lipinski definition) is 1. The number of hydrogen-bond acceptors (Lipinski definition) is 7. The Morgan fingerprint density at radius 1 is 1.20 bits per heavy atom. The molecule has 6 nitrogen and oxygen atoms in total. The Morgan fingerprint density at radius 3 is 2.64 bits per heavy atom. The fourth-order valence-electron chi connectivity index (χ4n) is 2.98. The van der Waals surface area contributed by atoms with Gasteiger partial charge in [0.2, 0.25) is 0 Å². The molecular weight excluding hydrogens is 382 g/mol. The predicted molar refractivity (Wildman–Crippen MR) is 97.6 cm³/mol. The van der Waals surface area contributed by atoms with Gasteiger partial charge in [-0.1, -0.05) is 24.3 Å². The summed E-state index contributed by atoms with van der Waals surface area (Å²) >= 11 is 1.11. The molecule has 1 aliphatic heterocycles. The van der Waals surface area contributed by atoms with Crippen molar-refractivity contribution in [2.75, 3.05) is 18.6 Å². The average Bonchev–Trinajstić information content (AvgIpc) is 3.21. The summed E-state index contributed by atoms with van der Waals surface area (Å²) in [4.78, 5) is 0. The number of benzene rings is 1. The van der Waals surface area contributed by atoms with Crippen LogP contribution in [0.2, 0.25) is 0 Å². The lowest BCUT2D eigenvalue weighted by Crippen LogP contribution is -2.42. The van der Waals surface area contributed by atoms with Gasteiger partial charge in [-0.25, -0.2) is 16.8 Å². The van der Waals surface area contributed by atoms with E-state index in [0.29, 0.717) is 12.3 Å².